The average Bonchev–Trinajstić information content (AvgIpc) is 2.61. The lowest BCUT2D eigenvalue weighted by Gasteiger charge is -2.21. The number of carbonyl (C=O) groups is 1. The topological polar surface area (TPSA) is 73.6 Å². The number of nitriles is 1. The molecule has 0 aromatic heterocycles. The first-order chi connectivity index (χ1) is 11.0. The Balaban J connectivity index is 2.07. The molecule has 2 rings (SSSR count). The highest BCUT2D eigenvalue weighted by Gasteiger charge is 2.21. The molecule has 0 heterocycles. The first kappa shape index (κ1) is 16.5. The maximum atomic E-state index is 12.4. The Morgan fingerprint density at radius 3 is 2.61 bits per heavy atom. The molecule has 0 saturated carbocycles. The van der Waals surface area contributed by atoms with E-state index in [-0.39, 0.29) is 0 Å². The zero-order valence-electron chi connectivity index (χ0n) is 13.1. The van der Waals surface area contributed by atoms with Gasteiger partial charge in [-0.25, -0.2) is 0 Å². The van der Waals surface area contributed by atoms with E-state index in [0.29, 0.717) is 23.4 Å². The molecule has 1 amide bonds. The second-order valence-electron chi connectivity index (χ2n) is 5.18. The second kappa shape index (κ2) is 7.43. The van der Waals surface area contributed by atoms with Crippen molar-refractivity contribution in [3.63, 3.8) is 0 Å². The molecule has 118 valence electrons. The smallest absolute Gasteiger partial charge is 0.256 e. The summed E-state index contributed by atoms with van der Waals surface area (Å²) in [4.78, 5) is 13.8. The van der Waals surface area contributed by atoms with E-state index in [1.54, 1.807) is 55.6 Å². The van der Waals surface area contributed by atoms with Crippen molar-refractivity contribution in [1.82, 2.24) is 4.90 Å². The van der Waals surface area contributed by atoms with Gasteiger partial charge in [0.05, 0.1) is 18.7 Å². The number of benzene rings is 2. The molecule has 0 saturated heterocycles. The third-order valence-corrected chi connectivity index (χ3v) is 3.52. The van der Waals surface area contributed by atoms with Gasteiger partial charge in [0, 0.05) is 13.6 Å². The molecule has 0 radical (unpaired) electrons. The van der Waals surface area contributed by atoms with Crippen molar-refractivity contribution in [2.75, 3.05) is 14.2 Å². The van der Waals surface area contributed by atoms with Gasteiger partial charge in [-0.15, -0.1) is 0 Å². The molecular weight excluding hydrogens is 292 g/mol. The lowest BCUT2D eigenvalue weighted by molar-refractivity contribution is -0.139. The number of carbonyl (C=O) groups excluding carboxylic acids is 1. The van der Waals surface area contributed by atoms with Gasteiger partial charge >= 0.3 is 0 Å². The van der Waals surface area contributed by atoms with E-state index in [1.165, 1.54) is 12.0 Å². The number of hydrogen-bond donors (Lipinski definition) is 1. The van der Waals surface area contributed by atoms with Crippen molar-refractivity contribution >= 4 is 5.91 Å². The van der Waals surface area contributed by atoms with Crippen LogP contribution in [0.1, 0.15) is 22.8 Å². The Kier molecular flexibility index (Phi) is 5.34. The van der Waals surface area contributed by atoms with Crippen LogP contribution in [0.3, 0.4) is 0 Å². The zero-order valence-corrected chi connectivity index (χ0v) is 13.1. The van der Waals surface area contributed by atoms with E-state index in [0.717, 1.165) is 5.56 Å². The van der Waals surface area contributed by atoms with E-state index in [1.807, 2.05) is 6.07 Å². The maximum absolute atomic E-state index is 12.4. The van der Waals surface area contributed by atoms with Crippen molar-refractivity contribution in [3.05, 3.63) is 65.2 Å². The van der Waals surface area contributed by atoms with Gasteiger partial charge in [-0.05, 0) is 35.4 Å². The van der Waals surface area contributed by atoms with Crippen molar-refractivity contribution in [1.29, 1.82) is 5.26 Å². The fourth-order valence-electron chi connectivity index (χ4n) is 2.20. The quantitative estimate of drug-likeness (QED) is 0.919. The van der Waals surface area contributed by atoms with E-state index in [4.69, 9.17) is 10.00 Å². The van der Waals surface area contributed by atoms with Crippen LogP contribution < -0.4 is 4.74 Å². The van der Waals surface area contributed by atoms with Gasteiger partial charge in [0.2, 0.25) is 0 Å². The highest BCUT2D eigenvalue weighted by Crippen LogP contribution is 2.21. The zero-order chi connectivity index (χ0) is 16.8. The first-order valence-corrected chi connectivity index (χ1v) is 7.11. The number of amides is 1. The minimum atomic E-state index is -1.24. The van der Waals surface area contributed by atoms with E-state index in [9.17, 15) is 9.90 Å². The Morgan fingerprint density at radius 1 is 1.30 bits per heavy atom. The van der Waals surface area contributed by atoms with Crippen LogP contribution in [0.4, 0.5) is 0 Å². The van der Waals surface area contributed by atoms with Gasteiger partial charge in [0.25, 0.3) is 5.91 Å². The van der Waals surface area contributed by atoms with Gasteiger partial charge in [-0.1, -0.05) is 24.3 Å². The minimum Gasteiger partial charge on any atom is -0.497 e. The van der Waals surface area contributed by atoms with Crippen LogP contribution in [0, 0.1) is 11.3 Å². The second-order valence-corrected chi connectivity index (χ2v) is 5.18. The molecule has 0 bridgehead atoms. The van der Waals surface area contributed by atoms with E-state index >= 15 is 0 Å². The summed E-state index contributed by atoms with van der Waals surface area (Å²) in [6.45, 7) is 0.353. The molecule has 1 atom stereocenters. The Morgan fingerprint density at radius 2 is 2.00 bits per heavy atom. The third-order valence-electron chi connectivity index (χ3n) is 3.52. The molecule has 2 aromatic carbocycles. The van der Waals surface area contributed by atoms with Gasteiger partial charge in [0.1, 0.15) is 5.75 Å². The summed E-state index contributed by atoms with van der Waals surface area (Å²) in [6.07, 6.45) is -1.24. The van der Waals surface area contributed by atoms with Gasteiger partial charge in [0.15, 0.2) is 6.10 Å². The predicted octanol–water partition coefficient (Wildman–Crippen LogP) is 2.26. The maximum Gasteiger partial charge on any atom is 0.256 e. The van der Waals surface area contributed by atoms with Crippen LogP contribution in [0.15, 0.2) is 48.5 Å². The number of rotatable bonds is 5. The first-order valence-electron chi connectivity index (χ1n) is 7.11. The van der Waals surface area contributed by atoms with Crippen molar-refractivity contribution < 1.29 is 14.6 Å². The van der Waals surface area contributed by atoms with Crippen molar-refractivity contribution in [3.8, 4) is 11.8 Å². The predicted molar refractivity (Wildman–Crippen MR) is 85.6 cm³/mol. The van der Waals surface area contributed by atoms with Crippen LogP contribution in [0.5, 0.6) is 5.75 Å². The summed E-state index contributed by atoms with van der Waals surface area (Å²) >= 11 is 0. The number of nitrogens with zero attached hydrogens (tertiary/aromatic N) is 2. The number of aliphatic hydroxyl groups is 1. The summed E-state index contributed by atoms with van der Waals surface area (Å²) in [5.74, 6) is 0.187. The number of methoxy groups -OCH3 is 1. The number of ether oxygens (including phenoxy) is 1. The average molecular weight is 310 g/mol. The molecule has 0 spiro atoms. The fourth-order valence-corrected chi connectivity index (χ4v) is 2.20. The van der Waals surface area contributed by atoms with Crippen LogP contribution in [0.2, 0.25) is 0 Å². The minimum absolute atomic E-state index is 0.353. The highest BCUT2D eigenvalue weighted by molar-refractivity contribution is 5.82. The molecule has 5 nitrogen and oxygen atoms in total. The lowest BCUT2D eigenvalue weighted by Crippen LogP contribution is -2.31. The monoisotopic (exact) mass is 310 g/mol. The summed E-state index contributed by atoms with van der Waals surface area (Å²) in [5.41, 5.74) is 1.94. The number of hydrogen-bond acceptors (Lipinski definition) is 4. The SMILES string of the molecule is COc1cccc(C(O)C(=O)N(C)Cc2ccc(C#N)cc2)c1. The lowest BCUT2D eigenvalue weighted by atomic mass is 10.1. The third kappa shape index (κ3) is 4.09. The molecule has 0 aliphatic carbocycles. The molecule has 2 aromatic rings. The summed E-state index contributed by atoms with van der Waals surface area (Å²) in [7, 11) is 3.16. The van der Waals surface area contributed by atoms with Crippen LogP contribution >= 0.6 is 0 Å². The fraction of sp³-hybridized carbons (Fsp3) is 0.222. The van der Waals surface area contributed by atoms with Crippen molar-refractivity contribution in [2.24, 2.45) is 0 Å². The number of aliphatic hydroxyl groups excluding tert-OH is 1. The molecular formula is C18H18N2O3. The molecule has 1 N–H and O–H groups in total. The van der Waals surface area contributed by atoms with E-state index < -0.39 is 12.0 Å². The highest BCUT2D eigenvalue weighted by atomic mass is 16.5. The van der Waals surface area contributed by atoms with Gasteiger partial charge in [-0.3, -0.25) is 4.79 Å². The van der Waals surface area contributed by atoms with Crippen LogP contribution in [-0.4, -0.2) is 30.1 Å². The van der Waals surface area contributed by atoms with Crippen molar-refractivity contribution in [2.45, 2.75) is 12.6 Å². The Labute approximate surface area is 135 Å². The van der Waals surface area contributed by atoms with Crippen LogP contribution in [0.25, 0.3) is 0 Å². The molecule has 5 heteroatoms. The van der Waals surface area contributed by atoms with Gasteiger partial charge in [-0.2, -0.15) is 5.26 Å². The summed E-state index contributed by atoms with van der Waals surface area (Å²) in [5, 5.41) is 19.0. The molecule has 0 aliphatic heterocycles. The largest absolute Gasteiger partial charge is 0.497 e. The molecule has 1 unspecified atom stereocenters. The molecule has 0 fully saturated rings. The molecule has 23 heavy (non-hydrogen) atoms. The van der Waals surface area contributed by atoms with E-state index in [2.05, 4.69) is 0 Å². The normalized spacial score (nSPS) is 11.4. The summed E-state index contributed by atoms with van der Waals surface area (Å²) in [6, 6.07) is 15.8. The standard InChI is InChI=1S/C18H18N2O3/c1-20(12-14-8-6-13(11-19)7-9-14)18(22)17(21)15-4-3-5-16(10-15)23-2/h3-10,17,21H,12H2,1-2H3. The van der Waals surface area contributed by atoms with Crippen LogP contribution in [-0.2, 0) is 11.3 Å². The summed E-state index contributed by atoms with van der Waals surface area (Å²) < 4.78 is 5.10. The Bertz CT molecular complexity index is 720. The van der Waals surface area contributed by atoms with Gasteiger partial charge < -0.3 is 14.7 Å². The Hall–Kier alpha value is -2.84. The number of likely N-dealkylation sites (N-methyl/N-ethyl adjacent to an activating group) is 1. The molecule has 0 aliphatic rings.